The summed E-state index contributed by atoms with van der Waals surface area (Å²) in [5.74, 6) is -0.284. The van der Waals surface area contributed by atoms with Gasteiger partial charge in [-0.3, -0.25) is 0 Å². The second-order valence-electron chi connectivity index (χ2n) is 2.94. The van der Waals surface area contributed by atoms with E-state index in [0.29, 0.717) is 4.88 Å². The predicted octanol–water partition coefficient (Wildman–Crippen LogP) is 3.38. The lowest BCUT2D eigenvalue weighted by Gasteiger charge is -2.00. The van der Waals surface area contributed by atoms with E-state index >= 15 is 0 Å². The first-order chi connectivity index (χ1) is 7.19. The first-order valence-electron chi connectivity index (χ1n) is 4.68. The lowest BCUT2D eigenvalue weighted by atomic mass is 10.1. The molecule has 1 rings (SSSR count). The second-order valence-corrected chi connectivity index (χ2v) is 3.99. The van der Waals surface area contributed by atoms with Crippen LogP contribution in [0.1, 0.15) is 32.6 Å². The highest BCUT2D eigenvalue weighted by Gasteiger charge is 2.18. The Bertz CT molecular complexity index is 402. The molecule has 0 N–H and O–H groups in total. The molecule has 0 unspecified atom stereocenters. The van der Waals surface area contributed by atoms with Crippen molar-refractivity contribution in [2.24, 2.45) is 0 Å². The van der Waals surface area contributed by atoms with Gasteiger partial charge in [-0.2, -0.15) is 0 Å². The van der Waals surface area contributed by atoms with Crippen LogP contribution in [-0.2, 0) is 11.2 Å². The molecule has 0 aliphatic carbocycles. The molecule has 0 spiro atoms. The maximum absolute atomic E-state index is 11.5. The van der Waals surface area contributed by atoms with Crippen LogP contribution in [0.3, 0.4) is 0 Å². The van der Waals surface area contributed by atoms with Gasteiger partial charge in [0.1, 0.15) is 4.88 Å². The summed E-state index contributed by atoms with van der Waals surface area (Å²) in [5, 5.41) is 0. The van der Waals surface area contributed by atoms with Crippen molar-refractivity contribution in [1.29, 1.82) is 0 Å². The zero-order valence-corrected chi connectivity index (χ0v) is 9.82. The monoisotopic (exact) mass is 222 g/mol. The summed E-state index contributed by atoms with van der Waals surface area (Å²) in [5.41, 5.74) is 2.00. The minimum atomic E-state index is -0.284. The average molecular weight is 222 g/mol. The molecule has 80 valence electrons. The number of thiophene rings is 1. The summed E-state index contributed by atoms with van der Waals surface area (Å²) in [6.07, 6.45) is 4.29. The number of carbonyl (C=O) groups is 1. The topological polar surface area (TPSA) is 26.3 Å². The average Bonchev–Trinajstić information content (AvgIpc) is 2.65. The molecule has 0 aliphatic rings. The van der Waals surface area contributed by atoms with Gasteiger partial charge in [0.15, 0.2) is 0 Å². The molecule has 0 bridgehead atoms. The number of methoxy groups -OCH3 is 1. The number of ether oxygens (including phenoxy) is 1. The Balaban J connectivity index is 3.39. The van der Waals surface area contributed by atoms with Crippen molar-refractivity contribution >= 4 is 29.5 Å². The highest BCUT2D eigenvalue weighted by Crippen LogP contribution is 2.31. The first kappa shape index (κ1) is 11.7. The Labute approximate surface area is 93.9 Å². The second kappa shape index (κ2) is 4.94. The summed E-state index contributed by atoms with van der Waals surface area (Å²) in [7, 11) is 1.39. The fourth-order valence-corrected chi connectivity index (χ4v) is 2.65. The quantitative estimate of drug-likeness (QED) is 0.730. The Morgan fingerprint density at radius 2 is 2.13 bits per heavy atom. The molecule has 0 fully saturated rings. The van der Waals surface area contributed by atoms with Crippen LogP contribution in [0, 0.1) is 0 Å². The largest absolute Gasteiger partial charge is 0.465 e. The van der Waals surface area contributed by atoms with Gasteiger partial charge in [0.05, 0.1) is 7.11 Å². The van der Waals surface area contributed by atoms with Gasteiger partial charge in [-0.15, -0.1) is 11.3 Å². The van der Waals surface area contributed by atoms with Crippen molar-refractivity contribution in [2.45, 2.75) is 13.3 Å². The number of carbonyl (C=O) groups excluding carboxylic acids is 1. The van der Waals surface area contributed by atoms with Gasteiger partial charge in [0, 0.05) is 4.88 Å². The zero-order chi connectivity index (χ0) is 11.4. The van der Waals surface area contributed by atoms with Crippen molar-refractivity contribution in [3.8, 4) is 0 Å². The molecule has 0 radical (unpaired) electrons. The van der Waals surface area contributed by atoms with Crippen LogP contribution in [0.15, 0.2) is 13.2 Å². The van der Waals surface area contributed by atoms with Crippen LogP contribution in [0.5, 0.6) is 0 Å². The number of rotatable bonds is 4. The number of esters is 1. The van der Waals surface area contributed by atoms with Gasteiger partial charge in [-0.05, 0) is 17.5 Å². The Kier molecular flexibility index (Phi) is 3.86. The molecule has 0 amide bonds. The van der Waals surface area contributed by atoms with Gasteiger partial charge < -0.3 is 4.74 Å². The van der Waals surface area contributed by atoms with E-state index in [1.807, 2.05) is 6.92 Å². The van der Waals surface area contributed by atoms with Crippen LogP contribution in [-0.4, -0.2) is 13.1 Å². The molecule has 3 heteroatoms. The Morgan fingerprint density at radius 1 is 1.47 bits per heavy atom. The Morgan fingerprint density at radius 3 is 2.53 bits per heavy atom. The predicted molar refractivity (Wildman–Crippen MR) is 65.2 cm³/mol. The summed E-state index contributed by atoms with van der Waals surface area (Å²) in [4.78, 5) is 13.1. The third kappa shape index (κ3) is 2.02. The molecule has 0 aromatic carbocycles. The molecular weight excluding hydrogens is 208 g/mol. The summed E-state index contributed by atoms with van der Waals surface area (Å²) >= 11 is 1.40. The van der Waals surface area contributed by atoms with E-state index in [-0.39, 0.29) is 5.97 Å². The van der Waals surface area contributed by atoms with E-state index in [2.05, 4.69) is 13.2 Å². The van der Waals surface area contributed by atoms with E-state index in [1.165, 1.54) is 18.4 Å². The maximum atomic E-state index is 11.5. The van der Waals surface area contributed by atoms with Crippen molar-refractivity contribution in [3.05, 3.63) is 34.0 Å². The van der Waals surface area contributed by atoms with E-state index in [9.17, 15) is 4.79 Å². The first-order valence-corrected chi connectivity index (χ1v) is 5.50. The lowest BCUT2D eigenvalue weighted by molar-refractivity contribution is 0.0605. The standard InChI is InChI=1S/C12H14O2S/c1-5-8-9(6-2)11(12(13)14-4)15-10(8)7-3/h5,7H,1,3,6H2,2,4H3. The van der Waals surface area contributed by atoms with E-state index < -0.39 is 0 Å². The smallest absolute Gasteiger partial charge is 0.348 e. The van der Waals surface area contributed by atoms with Gasteiger partial charge >= 0.3 is 5.97 Å². The lowest BCUT2D eigenvalue weighted by Crippen LogP contribution is -2.01. The highest BCUT2D eigenvalue weighted by molar-refractivity contribution is 7.15. The minimum Gasteiger partial charge on any atom is -0.465 e. The molecule has 2 nitrogen and oxygen atoms in total. The molecule has 1 aromatic heterocycles. The van der Waals surface area contributed by atoms with Crippen molar-refractivity contribution < 1.29 is 9.53 Å². The Hall–Kier alpha value is -1.35. The van der Waals surface area contributed by atoms with Crippen LogP contribution < -0.4 is 0 Å². The SMILES string of the molecule is C=Cc1sc(C(=O)OC)c(CC)c1C=C. The van der Waals surface area contributed by atoms with Crippen molar-refractivity contribution in [3.63, 3.8) is 0 Å². The summed E-state index contributed by atoms with van der Waals surface area (Å²) < 4.78 is 4.74. The molecule has 1 aromatic rings. The molecule has 1 heterocycles. The molecule has 0 atom stereocenters. The van der Waals surface area contributed by atoms with Crippen molar-refractivity contribution in [1.82, 2.24) is 0 Å². The third-order valence-electron chi connectivity index (χ3n) is 2.19. The maximum Gasteiger partial charge on any atom is 0.348 e. The van der Waals surface area contributed by atoms with Gasteiger partial charge in [-0.1, -0.05) is 32.2 Å². The molecule has 0 saturated heterocycles. The third-order valence-corrected chi connectivity index (χ3v) is 3.41. The molecular formula is C12H14O2S. The van der Waals surface area contributed by atoms with Crippen molar-refractivity contribution in [2.75, 3.05) is 7.11 Å². The van der Waals surface area contributed by atoms with Crippen LogP contribution in [0.2, 0.25) is 0 Å². The van der Waals surface area contributed by atoms with Crippen LogP contribution >= 0.6 is 11.3 Å². The fourth-order valence-electron chi connectivity index (χ4n) is 1.48. The number of hydrogen-bond acceptors (Lipinski definition) is 3. The van der Waals surface area contributed by atoms with E-state index in [0.717, 1.165) is 22.4 Å². The molecule has 15 heavy (non-hydrogen) atoms. The van der Waals surface area contributed by atoms with Crippen LogP contribution in [0.25, 0.3) is 12.2 Å². The van der Waals surface area contributed by atoms with Gasteiger partial charge in [-0.25, -0.2) is 4.79 Å². The van der Waals surface area contributed by atoms with Gasteiger partial charge in [0.25, 0.3) is 0 Å². The molecule has 0 saturated carbocycles. The summed E-state index contributed by atoms with van der Waals surface area (Å²) in [6, 6.07) is 0. The highest BCUT2D eigenvalue weighted by atomic mass is 32.1. The minimum absolute atomic E-state index is 0.284. The van der Waals surface area contributed by atoms with Gasteiger partial charge in [0.2, 0.25) is 0 Å². The molecule has 0 aliphatic heterocycles. The van der Waals surface area contributed by atoms with E-state index in [4.69, 9.17) is 4.74 Å². The zero-order valence-electron chi connectivity index (χ0n) is 9.00. The van der Waals surface area contributed by atoms with Crippen LogP contribution in [0.4, 0.5) is 0 Å². The fraction of sp³-hybridized carbons (Fsp3) is 0.250. The normalized spacial score (nSPS) is 9.73. The number of hydrogen-bond donors (Lipinski definition) is 0. The summed E-state index contributed by atoms with van der Waals surface area (Å²) in [6.45, 7) is 9.49. The van der Waals surface area contributed by atoms with E-state index in [1.54, 1.807) is 12.2 Å².